The van der Waals surface area contributed by atoms with Crippen molar-refractivity contribution in [3.8, 4) is 0 Å². The van der Waals surface area contributed by atoms with Crippen LogP contribution in [0.25, 0.3) is 0 Å². The topological polar surface area (TPSA) is 17.8 Å². The smallest absolute Gasteiger partial charge is 0.0945 e. The third kappa shape index (κ3) is 5.79. The fourth-order valence-electron chi connectivity index (χ4n) is 3.06. The van der Waals surface area contributed by atoms with Crippen LogP contribution in [0.3, 0.4) is 0 Å². The van der Waals surface area contributed by atoms with E-state index in [1.54, 1.807) is 0 Å². The number of nitrogens with zero attached hydrogens (tertiary/aromatic N) is 2. The van der Waals surface area contributed by atoms with Gasteiger partial charge in [0.05, 0.1) is 6.33 Å². The lowest BCUT2D eigenvalue weighted by atomic mass is 9.86. The van der Waals surface area contributed by atoms with Crippen molar-refractivity contribution in [2.75, 3.05) is 0 Å². The average Bonchev–Trinajstić information content (AvgIpc) is 3.16. The highest BCUT2D eigenvalue weighted by atomic mass is 35.5. The molecule has 0 bridgehead atoms. The van der Waals surface area contributed by atoms with Gasteiger partial charge in [0.2, 0.25) is 0 Å². The van der Waals surface area contributed by atoms with Crippen LogP contribution in [0.5, 0.6) is 0 Å². The Morgan fingerprint density at radius 3 is 2.43 bits per heavy atom. The predicted molar refractivity (Wildman–Crippen MR) is 122 cm³/mol. The Labute approximate surface area is 182 Å². The molecule has 1 atom stereocenters. The van der Waals surface area contributed by atoms with Crippen molar-refractivity contribution >= 4 is 35.0 Å². The van der Waals surface area contributed by atoms with E-state index in [9.17, 15) is 0 Å². The van der Waals surface area contributed by atoms with Crippen LogP contribution in [0.2, 0.25) is 10.0 Å². The van der Waals surface area contributed by atoms with Crippen LogP contribution in [0.1, 0.15) is 49.1 Å². The van der Waals surface area contributed by atoms with Crippen LogP contribution in [0, 0.1) is 0 Å². The molecule has 0 amide bonds. The minimum absolute atomic E-state index is 0.162. The van der Waals surface area contributed by atoms with E-state index in [4.69, 9.17) is 23.2 Å². The summed E-state index contributed by atoms with van der Waals surface area (Å²) in [5.74, 6) is 0.853. The molecule has 1 heterocycles. The first kappa shape index (κ1) is 21.3. The molecule has 2 aromatic carbocycles. The summed E-state index contributed by atoms with van der Waals surface area (Å²) >= 11 is 14.3. The lowest BCUT2D eigenvalue weighted by Gasteiger charge is -2.22. The molecule has 0 aliphatic carbocycles. The number of imidazole rings is 1. The molecule has 0 aliphatic rings. The van der Waals surface area contributed by atoms with Gasteiger partial charge in [0.1, 0.15) is 0 Å². The first-order valence-corrected chi connectivity index (χ1v) is 11.2. The van der Waals surface area contributed by atoms with E-state index in [-0.39, 0.29) is 5.41 Å². The number of hydrogen-bond acceptors (Lipinski definition) is 2. The molecular weight excluding hydrogens is 407 g/mol. The third-order valence-electron chi connectivity index (χ3n) is 4.81. The van der Waals surface area contributed by atoms with Crippen LogP contribution in [-0.2, 0) is 17.7 Å². The molecule has 1 unspecified atom stereocenters. The zero-order valence-electron chi connectivity index (χ0n) is 16.5. The first-order chi connectivity index (χ1) is 13.3. The van der Waals surface area contributed by atoms with Crippen LogP contribution < -0.4 is 0 Å². The number of rotatable bonds is 7. The number of hydrogen-bond donors (Lipinski definition) is 0. The highest BCUT2D eigenvalue weighted by molar-refractivity contribution is 7.98. The van der Waals surface area contributed by atoms with Gasteiger partial charge in [-0.05, 0) is 40.7 Å². The lowest BCUT2D eigenvalue weighted by molar-refractivity contribution is 0.589. The second kappa shape index (κ2) is 9.39. The minimum Gasteiger partial charge on any atom is -0.337 e. The third-order valence-corrected chi connectivity index (χ3v) is 6.79. The summed E-state index contributed by atoms with van der Waals surface area (Å²) in [5, 5.41) is 1.78. The Morgan fingerprint density at radius 2 is 1.82 bits per heavy atom. The standard InChI is InChI=1S/C23H26Cl2N2S/c1-23(2,3)19-7-4-17(5-8-19)22(10-12-27-13-11-26-16-27)28-15-18-6-9-20(24)14-21(18)25/h4-9,11,13-14,16,22H,10,12,15H2,1-3H3. The van der Waals surface area contributed by atoms with Gasteiger partial charge >= 0.3 is 0 Å². The van der Waals surface area contributed by atoms with E-state index in [1.165, 1.54) is 11.1 Å². The van der Waals surface area contributed by atoms with E-state index in [0.717, 1.165) is 29.3 Å². The van der Waals surface area contributed by atoms with Crippen molar-refractivity contribution in [3.63, 3.8) is 0 Å². The van der Waals surface area contributed by atoms with Gasteiger partial charge in [0.15, 0.2) is 0 Å². The van der Waals surface area contributed by atoms with E-state index in [2.05, 4.69) is 54.6 Å². The Bertz CT molecular complexity index is 884. The molecule has 1 aromatic heterocycles. The molecule has 5 heteroatoms. The monoisotopic (exact) mass is 432 g/mol. The van der Waals surface area contributed by atoms with Crippen molar-refractivity contribution in [1.29, 1.82) is 0 Å². The van der Waals surface area contributed by atoms with Gasteiger partial charge in [0, 0.05) is 40.0 Å². The van der Waals surface area contributed by atoms with Crippen molar-refractivity contribution in [3.05, 3.63) is 87.9 Å². The van der Waals surface area contributed by atoms with Crippen LogP contribution in [0.15, 0.2) is 61.2 Å². The highest BCUT2D eigenvalue weighted by Crippen LogP contribution is 2.37. The fraction of sp³-hybridized carbons (Fsp3) is 0.348. The van der Waals surface area contributed by atoms with Crippen LogP contribution >= 0.6 is 35.0 Å². The lowest BCUT2D eigenvalue weighted by Crippen LogP contribution is -2.11. The van der Waals surface area contributed by atoms with Gasteiger partial charge in [0.25, 0.3) is 0 Å². The summed E-state index contributed by atoms with van der Waals surface area (Å²) in [7, 11) is 0. The summed E-state index contributed by atoms with van der Waals surface area (Å²) in [4.78, 5) is 4.15. The number of aromatic nitrogens is 2. The van der Waals surface area contributed by atoms with Gasteiger partial charge in [-0.15, -0.1) is 11.8 Å². The quantitative estimate of drug-likeness (QED) is 0.383. The molecule has 0 aliphatic heterocycles. The molecule has 0 fully saturated rings. The zero-order valence-corrected chi connectivity index (χ0v) is 18.9. The predicted octanol–water partition coefficient (Wildman–Crippen LogP) is 7.55. The second-order valence-electron chi connectivity index (χ2n) is 8.00. The summed E-state index contributed by atoms with van der Waals surface area (Å²) in [6.45, 7) is 7.68. The molecule has 0 N–H and O–H groups in total. The van der Waals surface area contributed by atoms with Crippen molar-refractivity contribution in [2.45, 2.75) is 50.2 Å². The van der Waals surface area contributed by atoms with E-state index < -0.39 is 0 Å². The van der Waals surface area contributed by atoms with Crippen LogP contribution in [0.4, 0.5) is 0 Å². The van der Waals surface area contributed by atoms with Crippen LogP contribution in [-0.4, -0.2) is 9.55 Å². The fourth-order valence-corrected chi connectivity index (χ4v) is 4.87. The molecule has 0 spiro atoms. The number of benzene rings is 2. The maximum absolute atomic E-state index is 6.38. The molecule has 0 saturated heterocycles. The molecule has 0 saturated carbocycles. The van der Waals surface area contributed by atoms with E-state index in [1.807, 2.05) is 48.7 Å². The summed E-state index contributed by atoms with van der Waals surface area (Å²) in [6.07, 6.45) is 6.75. The first-order valence-electron chi connectivity index (χ1n) is 9.44. The molecule has 2 nitrogen and oxygen atoms in total. The summed E-state index contributed by atoms with van der Waals surface area (Å²) in [5.41, 5.74) is 3.99. The molecule has 3 rings (SSSR count). The van der Waals surface area contributed by atoms with Gasteiger partial charge in [-0.2, -0.15) is 0 Å². The Balaban J connectivity index is 1.76. The number of halogens is 2. The van der Waals surface area contributed by atoms with E-state index in [0.29, 0.717) is 10.3 Å². The van der Waals surface area contributed by atoms with Gasteiger partial charge < -0.3 is 4.57 Å². The SMILES string of the molecule is CC(C)(C)c1ccc(C(CCn2ccnc2)SCc2ccc(Cl)cc2Cl)cc1. The van der Waals surface area contributed by atoms with Crippen molar-refractivity contribution in [1.82, 2.24) is 9.55 Å². The summed E-state index contributed by atoms with van der Waals surface area (Å²) in [6, 6.07) is 14.8. The molecular formula is C23H26Cl2N2S. The molecule has 0 radical (unpaired) electrons. The Morgan fingerprint density at radius 1 is 1.07 bits per heavy atom. The normalized spacial score (nSPS) is 12.9. The number of thioether (sulfide) groups is 1. The average molecular weight is 433 g/mol. The van der Waals surface area contributed by atoms with Crippen molar-refractivity contribution in [2.24, 2.45) is 0 Å². The van der Waals surface area contributed by atoms with E-state index >= 15 is 0 Å². The van der Waals surface area contributed by atoms with Gasteiger partial charge in [-0.3, -0.25) is 0 Å². The minimum atomic E-state index is 0.162. The molecule has 3 aromatic rings. The molecule has 148 valence electrons. The Kier molecular flexibility index (Phi) is 7.14. The Hall–Kier alpha value is -1.42. The van der Waals surface area contributed by atoms with Crippen molar-refractivity contribution < 1.29 is 0 Å². The summed E-state index contributed by atoms with van der Waals surface area (Å²) < 4.78 is 2.13. The largest absolute Gasteiger partial charge is 0.337 e. The maximum atomic E-state index is 6.38. The highest BCUT2D eigenvalue weighted by Gasteiger charge is 2.17. The zero-order chi connectivity index (χ0) is 20.1. The second-order valence-corrected chi connectivity index (χ2v) is 10.0. The van der Waals surface area contributed by atoms with Gasteiger partial charge in [-0.25, -0.2) is 4.98 Å². The van der Waals surface area contributed by atoms with Gasteiger partial charge in [-0.1, -0.05) is 74.3 Å². The maximum Gasteiger partial charge on any atom is 0.0945 e. The molecule has 28 heavy (non-hydrogen) atoms. The number of aryl methyl sites for hydroxylation is 1.